The number of hydrogen-bond donors (Lipinski definition) is 1. The van der Waals surface area contributed by atoms with Gasteiger partial charge >= 0.3 is 6.01 Å². The van der Waals surface area contributed by atoms with Gasteiger partial charge in [-0.15, -0.1) is 0 Å². The molecule has 0 saturated carbocycles. The molecule has 1 aliphatic rings. The second kappa shape index (κ2) is 4.78. The summed E-state index contributed by atoms with van der Waals surface area (Å²) in [5.41, 5.74) is 0.935. The van der Waals surface area contributed by atoms with Crippen molar-refractivity contribution in [2.45, 2.75) is 18.9 Å². The second-order valence-electron chi connectivity index (χ2n) is 4.51. The van der Waals surface area contributed by atoms with E-state index in [1.165, 1.54) is 0 Å². The van der Waals surface area contributed by atoms with Crippen LogP contribution >= 0.6 is 0 Å². The van der Waals surface area contributed by atoms with Crippen LogP contribution in [0, 0.1) is 0 Å². The normalized spacial score (nSPS) is 20.1. The third kappa shape index (κ3) is 2.22. The fourth-order valence-corrected chi connectivity index (χ4v) is 2.18. The SMILES string of the molecule is O[C@@H]1CCCN(c2nc(-c3ccccc3)no2)C1. The molecule has 3 rings (SSSR count). The van der Waals surface area contributed by atoms with Gasteiger partial charge in [-0.3, -0.25) is 0 Å². The van der Waals surface area contributed by atoms with E-state index < -0.39 is 0 Å². The Hall–Kier alpha value is -1.88. The van der Waals surface area contributed by atoms with Crippen molar-refractivity contribution in [3.8, 4) is 11.4 Å². The number of hydrogen-bond acceptors (Lipinski definition) is 5. The summed E-state index contributed by atoms with van der Waals surface area (Å²) in [5.74, 6) is 0.589. The van der Waals surface area contributed by atoms with E-state index in [9.17, 15) is 5.11 Å². The van der Waals surface area contributed by atoms with Gasteiger partial charge in [0, 0.05) is 18.7 Å². The number of anilines is 1. The summed E-state index contributed by atoms with van der Waals surface area (Å²) in [6, 6.07) is 10.2. The largest absolute Gasteiger partial charge is 0.391 e. The van der Waals surface area contributed by atoms with Crippen LogP contribution in [0.25, 0.3) is 11.4 Å². The van der Waals surface area contributed by atoms with E-state index in [-0.39, 0.29) is 6.10 Å². The molecular weight excluding hydrogens is 230 g/mol. The number of aliphatic hydroxyl groups is 1. The second-order valence-corrected chi connectivity index (χ2v) is 4.51. The van der Waals surface area contributed by atoms with Gasteiger partial charge in [0.25, 0.3) is 0 Å². The maximum atomic E-state index is 9.63. The van der Waals surface area contributed by atoms with Gasteiger partial charge in [-0.1, -0.05) is 35.5 Å². The number of benzene rings is 1. The summed E-state index contributed by atoms with van der Waals surface area (Å²) in [6.45, 7) is 1.42. The lowest BCUT2D eigenvalue weighted by Crippen LogP contribution is -2.38. The number of nitrogens with zero attached hydrogens (tertiary/aromatic N) is 3. The van der Waals surface area contributed by atoms with Gasteiger partial charge in [0.15, 0.2) is 0 Å². The molecule has 0 aliphatic carbocycles. The zero-order valence-electron chi connectivity index (χ0n) is 9.99. The van der Waals surface area contributed by atoms with Crippen molar-refractivity contribution < 1.29 is 9.63 Å². The molecule has 94 valence electrons. The first-order valence-corrected chi connectivity index (χ1v) is 6.15. The summed E-state index contributed by atoms with van der Waals surface area (Å²) in [7, 11) is 0. The predicted octanol–water partition coefficient (Wildman–Crippen LogP) is 1.70. The van der Waals surface area contributed by atoms with E-state index in [1.807, 2.05) is 35.2 Å². The molecule has 5 nitrogen and oxygen atoms in total. The first-order chi connectivity index (χ1) is 8.83. The van der Waals surface area contributed by atoms with E-state index in [4.69, 9.17) is 4.52 Å². The zero-order valence-corrected chi connectivity index (χ0v) is 9.99. The topological polar surface area (TPSA) is 62.4 Å². The van der Waals surface area contributed by atoms with Gasteiger partial charge in [0.05, 0.1) is 6.10 Å². The van der Waals surface area contributed by atoms with E-state index in [0.717, 1.165) is 24.9 Å². The van der Waals surface area contributed by atoms with Crippen molar-refractivity contribution in [3.63, 3.8) is 0 Å². The van der Waals surface area contributed by atoms with Crippen LogP contribution in [0.15, 0.2) is 34.9 Å². The molecule has 1 N–H and O–H groups in total. The quantitative estimate of drug-likeness (QED) is 0.872. The fourth-order valence-electron chi connectivity index (χ4n) is 2.18. The molecule has 1 aromatic heterocycles. The van der Waals surface area contributed by atoms with Gasteiger partial charge in [-0.05, 0) is 12.8 Å². The number of rotatable bonds is 2. The Bertz CT molecular complexity index is 512. The van der Waals surface area contributed by atoms with Gasteiger partial charge in [-0.25, -0.2) is 0 Å². The maximum absolute atomic E-state index is 9.63. The lowest BCUT2D eigenvalue weighted by molar-refractivity contribution is 0.151. The highest BCUT2D eigenvalue weighted by molar-refractivity contribution is 5.55. The smallest absolute Gasteiger partial charge is 0.324 e. The Morgan fingerprint density at radius 2 is 2.11 bits per heavy atom. The van der Waals surface area contributed by atoms with Crippen LogP contribution in [-0.4, -0.2) is 34.4 Å². The summed E-state index contributed by atoms with van der Waals surface area (Å²) in [5, 5.41) is 13.6. The molecule has 0 bridgehead atoms. The zero-order chi connectivity index (χ0) is 12.4. The van der Waals surface area contributed by atoms with Crippen LogP contribution in [0.1, 0.15) is 12.8 Å². The molecular formula is C13H15N3O2. The van der Waals surface area contributed by atoms with Crippen LogP contribution in [0.5, 0.6) is 0 Å². The summed E-state index contributed by atoms with van der Waals surface area (Å²) >= 11 is 0. The van der Waals surface area contributed by atoms with Crippen LogP contribution in [0.2, 0.25) is 0 Å². The maximum Gasteiger partial charge on any atom is 0.324 e. The molecule has 1 aromatic carbocycles. The van der Waals surface area contributed by atoms with Crippen LogP contribution in [0.4, 0.5) is 6.01 Å². The van der Waals surface area contributed by atoms with Crippen LogP contribution < -0.4 is 4.90 Å². The van der Waals surface area contributed by atoms with Gasteiger partial charge in [0.2, 0.25) is 5.82 Å². The Morgan fingerprint density at radius 1 is 1.28 bits per heavy atom. The van der Waals surface area contributed by atoms with Crippen molar-refractivity contribution in [3.05, 3.63) is 30.3 Å². The summed E-state index contributed by atoms with van der Waals surface area (Å²) in [6.07, 6.45) is 1.49. The van der Waals surface area contributed by atoms with Crippen molar-refractivity contribution in [2.75, 3.05) is 18.0 Å². The number of aliphatic hydroxyl groups excluding tert-OH is 1. The predicted molar refractivity (Wildman–Crippen MR) is 67.2 cm³/mol. The Kier molecular flexibility index (Phi) is 2.98. The number of β-amino-alcohol motifs (C(OH)–C–C–N with tert-alkyl or cyclic N) is 1. The minimum absolute atomic E-state index is 0.300. The molecule has 0 radical (unpaired) electrons. The molecule has 1 aliphatic heterocycles. The van der Waals surface area contributed by atoms with Gasteiger partial charge in [0.1, 0.15) is 0 Å². The molecule has 0 amide bonds. The Labute approximate surface area is 105 Å². The Morgan fingerprint density at radius 3 is 2.89 bits per heavy atom. The van der Waals surface area contributed by atoms with E-state index in [1.54, 1.807) is 0 Å². The minimum atomic E-state index is -0.300. The molecule has 18 heavy (non-hydrogen) atoms. The van der Waals surface area contributed by atoms with Crippen molar-refractivity contribution in [1.29, 1.82) is 0 Å². The summed E-state index contributed by atoms with van der Waals surface area (Å²) in [4.78, 5) is 6.31. The van der Waals surface area contributed by atoms with E-state index >= 15 is 0 Å². The molecule has 2 heterocycles. The molecule has 2 aromatic rings. The Balaban J connectivity index is 1.81. The van der Waals surface area contributed by atoms with Crippen molar-refractivity contribution in [1.82, 2.24) is 10.1 Å². The first kappa shape index (κ1) is 11.2. The number of piperidine rings is 1. The van der Waals surface area contributed by atoms with Crippen LogP contribution in [0.3, 0.4) is 0 Å². The molecule has 1 fully saturated rings. The van der Waals surface area contributed by atoms with E-state index in [2.05, 4.69) is 10.1 Å². The average molecular weight is 245 g/mol. The summed E-state index contributed by atoms with van der Waals surface area (Å²) < 4.78 is 5.26. The molecule has 1 saturated heterocycles. The minimum Gasteiger partial charge on any atom is -0.391 e. The average Bonchev–Trinajstić information content (AvgIpc) is 2.89. The molecule has 0 spiro atoms. The molecule has 0 unspecified atom stereocenters. The highest BCUT2D eigenvalue weighted by atomic mass is 16.5. The molecule has 5 heteroatoms. The van der Waals surface area contributed by atoms with Crippen molar-refractivity contribution >= 4 is 6.01 Å². The van der Waals surface area contributed by atoms with Crippen molar-refractivity contribution in [2.24, 2.45) is 0 Å². The van der Waals surface area contributed by atoms with E-state index in [0.29, 0.717) is 18.4 Å². The third-order valence-electron chi connectivity index (χ3n) is 3.11. The first-order valence-electron chi connectivity index (χ1n) is 6.15. The van der Waals surface area contributed by atoms with Gasteiger partial charge in [-0.2, -0.15) is 4.98 Å². The lowest BCUT2D eigenvalue weighted by Gasteiger charge is -2.27. The highest BCUT2D eigenvalue weighted by Gasteiger charge is 2.22. The van der Waals surface area contributed by atoms with Gasteiger partial charge < -0.3 is 14.5 Å². The third-order valence-corrected chi connectivity index (χ3v) is 3.11. The monoisotopic (exact) mass is 245 g/mol. The standard InChI is InChI=1S/C13H15N3O2/c17-11-7-4-8-16(9-11)13-14-12(15-18-13)10-5-2-1-3-6-10/h1-3,5-6,11,17H,4,7-9H2/t11-/m1/s1. The van der Waals surface area contributed by atoms with Crippen LogP contribution in [-0.2, 0) is 0 Å². The lowest BCUT2D eigenvalue weighted by atomic mass is 10.1. The molecule has 1 atom stereocenters. The fraction of sp³-hybridized carbons (Fsp3) is 0.385. The number of aromatic nitrogens is 2. The highest BCUT2D eigenvalue weighted by Crippen LogP contribution is 2.22.